The molecule has 0 unspecified atom stereocenters. The van der Waals surface area contributed by atoms with Crippen LogP contribution in [0.3, 0.4) is 0 Å². The summed E-state index contributed by atoms with van der Waals surface area (Å²) in [5, 5.41) is 2.54. The standard InChI is InChI=1S/C29H33F4N7O4/c1-4-38(2)24-15-40(16-25(24)43-3)23-11-21(30)18(17-12-35-28(36-13-17)39-5-7-44-8-6-39)9-22(23)37-27(42)19-14-34-26(41)10-20(19)29(31,32)33/h9-14,24-25H,4-8,15-16H2,1-3H3,(H,34,41)(H,37,42)/t24-,25-/m1/s1. The molecule has 2 N–H and O–H groups in total. The third-order valence-corrected chi connectivity index (χ3v) is 8.00. The van der Waals surface area contributed by atoms with E-state index in [-0.39, 0.29) is 29.1 Å². The van der Waals surface area contributed by atoms with Crippen molar-refractivity contribution in [3.63, 3.8) is 0 Å². The first-order valence-corrected chi connectivity index (χ1v) is 14.1. The maximum absolute atomic E-state index is 15.8. The highest BCUT2D eigenvalue weighted by atomic mass is 19.4. The number of nitrogens with zero attached hydrogens (tertiary/aromatic N) is 5. The Morgan fingerprint density at radius 3 is 2.50 bits per heavy atom. The highest BCUT2D eigenvalue weighted by Crippen LogP contribution is 2.38. The number of ether oxygens (including phenoxy) is 2. The van der Waals surface area contributed by atoms with Crippen molar-refractivity contribution in [2.45, 2.75) is 25.2 Å². The fourth-order valence-corrected chi connectivity index (χ4v) is 5.46. The fourth-order valence-electron chi connectivity index (χ4n) is 5.46. The molecule has 44 heavy (non-hydrogen) atoms. The van der Waals surface area contributed by atoms with E-state index in [1.165, 1.54) is 24.5 Å². The number of likely N-dealkylation sites (N-methyl/N-ethyl adjacent to an activating group) is 1. The van der Waals surface area contributed by atoms with Gasteiger partial charge in [-0.3, -0.25) is 14.5 Å². The highest BCUT2D eigenvalue weighted by molar-refractivity contribution is 6.07. The van der Waals surface area contributed by atoms with Gasteiger partial charge in [0.2, 0.25) is 11.5 Å². The number of aromatic amines is 1. The smallest absolute Gasteiger partial charge is 0.378 e. The van der Waals surface area contributed by atoms with E-state index in [9.17, 15) is 22.8 Å². The van der Waals surface area contributed by atoms with E-state index < -0.39 is 34.6 Å². The van der Waals surface area contributed by atoms with Crippen LogP contribution in [0.5, 0.6) is 0 Å². The molecule has 1 aromatic carbocycles. The highest BCUT2D eigenvalue weighted by Gasteiger charge is 2.38. The number of alkyl halides is 3. The van der Waals surface area contributed by atoms with Crippen LogP contribution in [0.25, 0.3) is 11.1 Å². The van der Waals surface area contributed by atoms with Crippen LogP contribution in [0.15, 0.2) is 41.6 Å². The summed E-state index contributed by atoms with van der Waals surface area (Å²) in [7, 11) is 3.51. The maximum Gasteiger partial charge on any atom is 0.417 e. The van der Waals surface area contributed by atoms with Gasteiger partial charge in [0.15, 0.2) is 0 Å². The van der Waals surface area contributed by atoms with Gasteiger partial charge in [-0.2, -0.15) is 13.2 Å². The van der Waals surface area contributed by atoms with Crippen LogP contribution in [0.4, 0.5) is 34.9 Å². The van der Waals surface area contributed by atoms with Gasteiger partial charge in [0.25, 0.3) is 5.91 Å². The Morgan fingerprint density at radius 1 is 1.16 bits per heavy atom. The number of hydrogen-bond donors (Lipinski definition) is 2. The number of carbonyl (C=O) groups is 1. The van der Waals surface area contributed by atoms with Gasteiger partial charge in [0, 0.05) is 69.1 Å². The van der Waals surface area contributed by atoms with Crippen molar-refractivity contribution in [2.75, 3.05) is 75.2 Å². The van der Waals surface area contributed by atoms with Gasteiger partial charge >= 0.3 is 6.18 Å². The normalized spacial score (nSPS) is 19.1. The van der Waals surface area contributed by atoms with Crippen molar-refractivity contribution in [1.29, 1.82) is 0 Å². The molecular weight excluding hydrogens is 586 g/mol. The number of pyridine rings is 1. The Labute approximate surface area is 250 Å². The van der Waals surface area contributed by atoms with Crippen molar-refractivity contribution in [1.82, 2.24) is 19.9 Å². The number of carbonyl (C=O) groups excluding carboxylic acids is 1. The summed E-state index contributed by atoms with van der Waals surface area (Å²) in [5.41, 5.74) is -2.50. The summed E-state index contributed by atoms with van der Waals surface area (Å²) in [6, 6.07) is 2.86. The van der Waals surface area contributed by atoms with Crippen LogP contribution in [0.1, 0.15) is 22.8 Å². The Kier molecular flexibility index (Phi) is 9.18. The Bertz CT molecular complexity index is 1540. The van der Waals surface area contributed by atoms with Crippen LogP contribution in [0.2, 0.25) is 0 Å². The molecule has 1 amide bonds. The van der Waals surface area contributed by atoms with Gasteiger partial charge in [-0.25, -0.2) is 14.4 Å². The quantitative estimate of drug-likeness (QED) is 0.367. The second kappa shape index (κ2) is 12.9. The largest absolute Gasteiger partial charge is 0.417 e. The number of nitrogens with one attached hydrogen (secondary N) is 2. The number of H-pyrrole nitrogens is 1. The predicted molar refractivity (Wildman–Crippen MR) is 156 cm³/mol. The Hall–Kier alpha value is -4.08. The number of halogens is 4. The first-order chi connectivity index (χ1) is 21.0. The molecule has 2 aromatic heterocycles. The Balaban J connectivity index is 1.54. The minimum Gasteiger partial charge on any atom is -0.378 e. The van der Waals surface area contributed by atoms with Crippen LogP contribution in [0, 0.1) is 5.82 Å². The molecule has 2 fully saturated rings. The molecule has 3 aromatic rings. The zero-order valence-electron chi connectivity index (χ0n) is 24.4. The third kappa shape index (κ3) is 6.54. The van der Waals surface area contributed by atoms with Gasteiger partial charge in [-0.05, 0) is 25.7 Å². The van der Waals surface area contributed by atoms with E-state index in [0.717, 1.165) is 6.54 Å². The lowest BCUT2D eigenvalue weighted by Crippen LogP contribution is -2.41. The molecule has 0 radical (unpaired) electrons. The molecular formula is C29H33F4N7O4. The van der Waals surface area contributed by atoms with Crippen molar-refractivity contribution >= 4 is 23.2 Å². The molecule has 4 heterocycles. The lowest BCUT2D eigenvalue weighted by atomic mass is 10.0. The fraction of sp³-hybridized carbons (Fsp3) is 0.448. The number of benzene rings is 1. The van der Waals surface area contributed by atoms with E-state index in [1.54, 1.807) is 7.11 Å². The minimum absolute atomic E-state index is 0.0415. The number of aromatic nitrogens is 3. The molecule has 236 valence electrons. The topological polar surface area (TPSA) is 116 Å². The summed E-state index contributed by atoms with van der Waals surface area (Å²) in [4.78, 5) is 41.7. The van der Waals surface area contributed by atoms with E-state index in [1.807, 2.05) is 23.8 Å². The molecule has 2 saturated heterocycles. The lowest BCUT2D eigenvalue weighted by Gasteiger charge is -2.27. The molecule has 5 rings (SSSR count). The van der Waals surface area contributed by atoms with Crippen LogP contribution in [-0.4, -0.2) is 98.0 Å². The zero-order valence-corrected chi connectivity index (χ0v) is 24.4. The lowest BCUT2D eigenvalue weighted by molar-refractivity contribution is -0.138. The number of anilines is 3. The van der Waals surface area contributed by atoms with Gasteiger partial charge in [-0.15, -0.1) is 0 Å². The summed E-state index contributed by atoms with van der Waals surface area (Å²) in [6.07, 6.45) is -1.59. The molecule has 2 aliphatic rings. The summed E-state index contributed by atoms with van der Waals surface area (Å²) in [6.45, 7) is 5.75. The van der Waals surface area contributed by atoms with E-state index in [2.05, 4.69) is 25.2 Å². The van der Waals surface area contributed by atoms with E-state index in [4.69, 9.17) is 9.47 Å². The number of morpholine rings is 1. The van der Waals surface area contributed by atoms with E-state index >= 15 is 4.39 Å². The van der Waals surface area contributed by atoms with Crippen molar-refractivity contribution in [2.24, 2.45) is 0 Å². The number of methoxy groups -OCH3 is 1. The van der Waals surface area contributed by atoms with Gasteiger partial charge in [0.1, 0.15) is 5.82 Å². The SMILES string of the molecule is CCN(C)[C@@H]1CN(c2cc(F)c(-c3cnc(N4CCOCC4)nc3)cc2NC(=O)c2c[nH]c(=O)cc2C(F)(F)F)C[C@H]1OC. The predicted octanol–water partition coefficient (Wildman–Crippen LogP) is 3.23. The first kappa shape index (κ1) is 31.3. The molecule has 2 aliphatic heterocycles. The zero-order chi connectivity index (χ0) is 31.6. The van der Waals surface area contributed by atoms with Crippen molar-refractivity contribution < 1.29 is 31.8 Å². The summed E-state index contributed by atoms with van der Waals surface area (Å²) in [5.74, 6) is -1.31. The first-order valence-electron chi connectivity index (χ1n) is 14.1. The molecule has 0 saturated carbocycles. The number of hydrogen-bond acceptors (Lipinski definition) is 9. The summed E-state index contributed by atoms with van der Waals surface area (Å²) >= 11 is 0. The average molecular weight is 620 g/mol. The Morgan fingerprint density at radius 2 is 1.86 bits per heavy atom. The van der Waals surface area contributed by atoms with Crippen LogP contribution >= 0.6 is 0 Å². The molecule has 2 atom stereocenters. The summed E-state index contributed by atoms with van der Waals surface area (Å²) < 4.78 is 68.1. The second-order valence-electron chi connectivity index (χ2n) is 10.6. The van der Waals surface area contributed by atoms with Crippen LogP contribution in [-0.2, 0) is 15.7 Å². The maximum atomic E-state index is 15.8. The van der Waals surface area contributed by atoms with Gasteiger partial charge < -0.3 is 29.6 Å². The van der Waals surface area contributed by atoms with Gasteiger partial charge in [-0.1, -0.05) is 6.92 Å². The molecule has 15 heteroatoms. The minimum atomic E-state index is -4.96. The third-order valence-electron chi connectivity index (χ3n) is 8.00. The van der Waals surface area contributed by atoms with E-state index in [0.29, 0.717) is 63.2 Å². The number of amides is 1. The number of rotatable bonds is 8. The van der Waals surface area contributed by atoms with Crippen LogP contribution < -0.4 is 20.7 Å². The van der Waals surface area contributed by atoms with Gasteiger partial charge in [0.05, 0.1) is 47.9 Å². The monoisotopic (exact) mass is 619 g/mol. The molecule has 0 aliphatic carbocycles. The van der Waals surface area contributed by atoms with Crippen molar-refractivity contribution in [3.05, 3.63) is 64.1 Å². The average Bonchev–Trinajstić information content (AvgIpc) is 3.46. The molecule has 11 nitrogen and oxygen atoms in total. The molecule has 0 bridgehead atoms. The second-order valence-corrected chi connectivity index (χ2v) is 10.6. The molecule has 0 spiro atoms. The van der Waals surface area contributed by atoms with Crippen molar-refractivity contribution in [3.8, 4) is 11.1 Å².